The molecule has 0 unspecified atom stereocenters. The number of nitriles is 1. The van der Waals surface area contributed by atoms with Gasteiger partial charge in [0.2, 0.25) is 0 Å². The Bertz CT molecular complexity index is 1070. The van der Waals surface area contributed by atoms with Gasteiger partial charge >= 0.3 is 5.97 Å². The number of aromatic nitrogens is 2. The zero-order valence-electron chi connectivity index (χ0n) is 15.0. The van der Waals surface area contributed by atoms with Gasteiger partial charge in [-0.3, -0.25) is 0 Å². The van der Waals surface area contributed by atoms with E-state index in [1.807, 2.05) is 18.2 Å². The molecule has 1 aromatic heterocycles. The fraction of sp³-hybridized carbons (Fsp3) is 0.0952. The van der Waals surface area contributed by atoms with Crippen molar-refractivity contribution in [1.82, 2.24) is 9.97 Å². The van der Waals surface area contributed by atoms with Crippen molar-refractivity contribution in [2.75, 3.05) is 13.7 Å². The van der Waals surface area contributed by atoms with Crippen molar-refractivity contribution in [2.45, 2.75) is 0 Å². The molecule has 1 heterocycles. The van der Waals surface area contributed by atoms with E-state index < -0.39 is 12.6 Å². The lowest BCUT2D eigenvalue weighted by atomic mass is 10.2. The average Bonchev–Trinajstić information content (AvgIpc) is 3.15. The number of H-pyrrole nitrogens is 1. The number of aliphatic hydroxyl groups is 1. The van der Waals surface area contributed by atoms with E-state index >= 15 is 0 Å². The summed E-state index contributed by atoms with van der Waals surface area (Å²) in [4.78, 5) is 19.1. The van der Waals surface area contributed by atoms with Gasteiger partial charge in [0.1, 0.15) is 24.0 Å². The summed E-state index contributed by atoms with van der Waals surface area (Å²) in [5.74, 6) is -0.161. The number of nitrogens with zero attached hydrogens (tertiary/aromatic N) is 2. The van der Waals surface area contributed by atoms with Crippen LogP contribution in [0.2, 0.25) is 0 Å². The van der Waals surface area contributed by atoms with Crippen LogP contribution in [-0.4, -0.2) is 34.8 Å². The first-order valence-corrected chi connectivity index (χ1v) is 8.37. The zero-order valence-corrected chi connectivity index (χ0v) is 15.0. The number of hydrogen-bond donors (Lipinski definition) is 2. The lowest BCUT2D eigenvalue weighted by Crippen LogP contribution is -2.06. The summed E-state index contributed by atoms with van der Waals surface area (Å²) < 4.78 is 10.1. The van der Waals surface area contributed by atoms with E-state index in [0.717, 1.165) is 11.1 Å². The van der Waals surface area contributed by atoms with Crippen molar-refractivity contribution < 1.29 is 19.4 Å². The third-order valence-electron chi connectivity index (χ3n) is 3.88. The summed E-state index contributed by atoms with van der Waals surface area (Å²) in [5.41, 5.74) is 2.07. The minimum absolute atomic E-state index is 0.0826. The van der Waals surface area contributed by atoms with Crippen molar-refractivity contribution in [3.8, 4) is 11.8 Å². The van der Waals surface area contributed by atoms with Crippen LogP contribution in [0.1, 0.15) is 11.4 Å². The number of hydrogen-bond acceptors (Lipinski definition) is 6. The second-order valence-electron chi connectivity index (χ2n) is 5.75. The Labute approximate surface area is 161 Å². The molecule has 0 amide bonds. The Balaban J connectivity index is 1.68. The maximum Gasteiger partial charge on any atom is 0.331 e. The molecule has 28 heavy (non-hydrogen) atoms. The molecule has 3 rings (SSSR count). The normalized spacial score (nSPS) is 11.9. The number of imidazole rings is 1. The maximum atomic E-state index is 11.9. The van der Waals surface area contributed by atoms with Crippen LogP contribution in [0.5, 0.6) is 5.75 Å². The van der Waals surface area contributed by atoms with Crippen LogP contribution < -0.4 is 4.74 Å². The van der Waals surface area contributed by atoms with Crippen molar-refractivity contribution in [3.05, 3.63) is 71.8 Å². The molecule has 0 bridgehead atoms. The Kier molecular flexibility index (Phi) is 5.72. The van der Waals surface area contributed by atoms with Crippen LogP contribution in [0, 0.1) is 11.3 Å². The van der Waals surface area contributed by atoms with Gasteiger partial charge in [0.15, 0.2) is 11.6 Å². The number of esters is 1. The molecule has 2 aromatic carbocycles. The summed E-state index contributed by atoms with van der Waals surface area (Å²) in [7, 11) is 1.56. The van der Waals surface area contributed by atoms with Crippen LogP contribution in [0.15, 0.2) is 60.4 Å². The SMILES string of the molecule is COc1cccc(/C=C/C(=O)OC/C(O)=C(\C#N)c2nc3ccccc3[nH]2)c1. The Morgan fingerprint density at radius 2 is 2.11 bits per heavy atom. The van der Waals surface area contributed by atoms with Crippen molar-refractivity contribution >= 4 is 28.7 Å². The van der Waals surface area contributed by atoms with E-state index in [0.29, 0.717) is 11.3 Å². The van der Waals surface area contributed by atoms with Crippen molar-refractivity contribution in [1.29, 1.82) is 5.26 Å². The number of aromatic amines is 1. The molecule has 0 spiro atoms. The van der Waals surface area contributed by atoms with Gasteiger partial charge in [-0.05, 0) is 35.9 Å². The highest BCUT2D eigenvalue weighted by molar-refractivity contribution is 5.87. The molecule has 0 fully saturated rings. The highest BCUT2D eigenvalue weighted by atomic mass is 16.5. The summed E-state index contributed by atoms with van der Waals surface area (Å²) in [5, 5.41) is 19.5. The number of ether oxygens (including phenoxy) is 2. The quantitative estimate of drug-likeness (QED) is 0.295. The number of carbonyl (C=O) groups excluding carboxylic acids is 1. The van der Waals surface area contributed by atoms with Crippen LogP contribution >= 0.6 is 0 Å². The number of nitrogens with one attached hydrogen (secondary N) is 1. The molecule has 0 aliphatic rings. The number of rotatable bonds is 6. The average molecular weight is 375 g/mol. The van der Waals surface area contributed by atoms with E-state index in [1.54, 1.807) is 49.6 Å². The Morgan fingerprint density at radius 3 is 2.86 bits per heavy atom. The number of para-hydroxylation sites is 2. The van der Waals surface area contributed by atoms with Gasteiger partial charge < -0.3 is 19.6 Å². The topological polar surface area (TPSA) is 108 Å². The van der Waals surface area contributed by atoms with Gasteiger partial charge in [-0.15, -0.1) is 0 Å². The minimum Gasteiger partial charge on any atom is -0.507 e. The Hall–Kier alpha value is -4.05. The van der Waals surface area contributed by atoms with E-state index in [2.05, 4.69) is 9.97 Å². The monoisotopic (exact) mass is 375 g/mol. The number of aliphatic hydroxyl groups excluding tert-OH is 1. The molecule has 0 saturated heterocycles. The first kappa shape index (κ1) is 18.7. The predicted octanol–water partition coefficient (Wildman–Crippen LogP) is 3.62. The third kappa shape index (κ3) is 4.37. The van der Waals surface area contributed by atoms with Crippen LogP contribution in [0.3, 0.4) is 0 Å². The van der Waals surface area contributed by atoms with Gasteiger partial charge in [0.05, 0.1) is 18.1 Å². The number of methoxy groups -OCH3 is 1. The van der Waals surface area contributed by atoms with Crippen molar-refractivity contribution in [3.63, 3.8) is 0 Å². The molecule has 3 aromatic rings. The second-order valence-corrected chi connectivity index (χ2v) is 5.75. The van der Waals surface area contributed by atoms with E-state index in [1.165, 1.54) is 6.08 Å². The van der Waals surface area contributed by atoms with Gasteiger partial charge in [0, 0.05) is 6.08 Å². The first-order valence-electron chi connectivity index (χ1n) is 8.37. The Morgan fingerprint density at radius 1 is 1.29 bits per heavy atom. The second kappa shape index (κ2) is 8.56. The standard InChI is InChI=1S/C21H17N3O4/c1-27-15-6-4-5-14(11-15)9-10-20(26)28-13-19(25)16(12-22)21-23-17-7-2-3-8-18(17)24-21/h2-11,25H,13H2,1H3,(H,23,24)/b10-9+,19-16-. The highest BCUT2D eigenvalue weighted by Gasteiger charge is 2.14. The summed E-state index contributed by atoms with van der Waals surface area (Å²) in [6.45, 7) is -0.443. The largest absolute Gasteiger partial charge is 0.507 e. The molecule has 0 aliphatic carbocycles. The molecule has 7 nitrogen and oxygen atoms in total. The lowest BCUT2D eigenvalue weighted by molar-refractivity contribution is -0.137. The highest BCUT2D eigenvalue weighted by Crippen LogP contribution is 2.19. The first-order chi connectivity index (χ1) is 13.6. The third-order valence-corrected chi connectivity index (χ3v) is 3.88. The molecule has 0 aliphatic heterocycles. The smallest absolute Gasteiger partial charge is 0.331 e. The van der Waals surface area contributed by atoms with Crippen molar-refractivity contribution in [2.24, 2.45) is 0 Å². The molecule has 0 radical (unpaired) electrons. The van der Waals surface area contributed by atoms with Gasteiger partial charge in [-0.2, -0.15) is 5.26 Å². The molecule has 140 valence electrons. The van der Waals surface area contributed by atoms with E-state index in [9.17, 15) is 15.2 Å². The summed E-state index contributed by atoms with van der Waals surface area (Å²) >= 11 is 0. The fourth-order valence-electron chi connectivity index (χ4n) is 2.49. The minimum atomic E-state index is -0.656. The molecular weight excluding hydrogens is 358 g/mol. The predicted molar refractivity (Wildman–Crippen MR) is 104 cm³/mol. The molecule has 0 saturated carbocycles. The number of benzene rings is 2. The van der Waals surface area contributed by atoms with Crippen LogP contribution in [0.4, 0.5) is 0 Å². The fourth-order valence-corrected chi connectivity index (χ4v) is 2.49. The molecule has 7 heteroatoms. The summed E-state index contributed by atoms with van der Waals surface area (Å²) in [6, 6.07) is 16.3. The van der Waals surface area contributed by atoms with E-state index in [-0.39, 0.29) is 17.2 Å². The summed E-state index contributed by atoms with van der Waals surface area (Å²) in [6.07, 6.45) is 2.80. The molecular formula is C21H17N3O4. The van der Waals surface area contributed by atoms with E-state index in [4.69, 9.17) is 9.47 Å². The molecule has 2 N–H and O–H groups in total. The van der Waals surface area contributed by atoms with Gasteiger partial charge in [-0.1, -0.05) is 24.3 Å². The molecule has 0 atom stereocenters. The van der Waals surface area contributed by atoms with Crippen LogP contribution in [0.25, 0.3) is 22.7 Å². The maximum absolute atomic E-state index is 11.9. The van der Waals surface area contributed by atoms with Gasteiger partial charge in [-0.25, -0.2) is 9.78 Å². The number of carbonyl (C=O) groups is 1. The van der Waals surface area contributed by atoms with Gasteiger partial charge in [0.25, 0.3) is 0 Å². The lowest BCUT2D eigenvalue weighted by Gasteiger charge is -2.03. The zero-order chi connectivity index (χ0) is 19.9. The number of fused-ring (bicyclic) bond motifs is 1. The van der Waals surface area contributed by atoms with Crippen LogP contribution in [-0.2, 0) is 9.53 Å². The number of allylic oxidation sites excluding steroid dienone is 1.